The number of thiazole rings is 1. The van der Waals surface area contributed by atoms with Gasteiger partial charge < -0.3 is 10.5 Å². The zero-order valence-electron chi connectivity index (χ0n) is 19.0. The summed E-state index contributed by atoms with van der Waals surface area (Å²) in [5.74, 6) is 0.628. The van der Waals surface area contributed by atoms with E-state index in [1.165, 1.54) is 22.6 Å². The summed E-state index contributed by atoms with van der Waals surface area (Å²) in [7, 11) is 0. The number of allylic oxidation sites excluding steroid dienone is 2. The first-order chi connectivity index (χ1) is 15.8. The highest BCUT2D eigenvalue weighted by molar-refractivity contribution is 7.16. The van der Waals surface area contributed by atoms with Crippen molar-refractivity contribution >= 4 is 33.4 Å². The van der Waals surface area contributed by atoms with Crippen molar-refractivity contribution in [2.24, 2.45) is 33.7 Å². The second-order valence-electron chi connectivity index (χ2n) is 10.7. The number of rotatable bonds is 2. The van der Waals surface area contributed by atoms with Crippen molar-refractivity contribution in [2.45, 2.75) is 58.8 Å². The summed E-state index contributed by atoms with van der Waals surface area (Å²) in [6, 6.07) is 3.57. The molecule has 2 saturated carbocycles. The molecule has 7 heteroatoms. The van der Waals surface area contributed by atoms with E-state index in [1.807, 2.05) is 0 Å². The Kier molecular flexibility index (Phi) is 4.74. The molecular formula is C26H29F2N3OS. The first-order valence-electron chi connectivity index (χ1n) is 12.0. The molecule has 33 heavy (non-hydrogen) atoms. The Balaban J connectivity index is 1.32. The molecule has 0 amide bonds. The Morgan fingerprint density at radius 3 is 2.73 bits per heavy atom. The Morgan fingerprint density at radius 1 is 1.12 bits per heavy atom. The van der Waals surface area contributed by atoms with Gasteiger partial charge in [-0.05, 0) is 85.8 Å². The largest absolute Gasteiger partial charge is 0.411 e. The number of nitrogens with one attached hydrogen (secondary N) is 1. The molecule has 2 N–H and O–H groups in total. The van der Waals surface area contributed by atoms with Crippen molar-refractivity contribution in [2.75, 3.05) is 5.32 Å². The predicted octanol–water partition coefficient (Wildman–Crippen LogP) is 7.18. The van der Waals surface area contributed by atoms with Crippen LogP contribution in [0, 0.1) is 40.2 Å². The number of hydrogen-bond acceptors (Lipinski definition) is 5. The Morgan fingerprint density at radius 2 is 1.94 bits per heavy atom. The third-order valence-electron chi connectivity index (χ3n) is 9.32. The van der Waals surface area contributed by atoms with Crippen molar-refractivity contribution in [1.82, 2.24) is 4.98 Å². The van der Waals surface area contributed by atoms with Gasteiger partial charge in [-0.1, -0.05) is 36.4 Å². The summed E-state index contributed by atoms with van der Waals surface area (Å²) in [5, 5.41) is 17.0. The number of fused-ring (bicyclic) bond motifs is 7. The van der Waals surface area contributed by atoms with Gasteiger partial charge in [-0.2, -0.15) is 0 Å². The molecule has 174 valence electrons. The van der Waals surface area contributed by atoms with Gasteiger partial charge in [0.1, 0.15) is 11.6 Å². The summed E-state index contributed by atoms with van der Waals surface area (Å²) >= 11 is 1.59. The average Bonchev–Trinajstić information content (AvgIpc) is 3.35. The number of benzene rings is 1. The van der Waals surface area contributed by atoms with Crippen LogP contribution in [0.2, 0.25) is 0 Å². The lowest BCUT2D eigenvalue weighted by atomic mass is 9.48. The molecule has 5 atom stereocenters. The standard InChI is InChI=1S/C26H29F2N3OS/c1-25-12-10-21-23(33-24(30-21)29-20-7-3-14(27)13-19(20)28)18(25)5-4-15-16-6-8-22(31-32)26(16,2)11-9-17(15)25/h3,5,7,13,15-17,32H,4,6,8-12H2,1-2H3,(H,29,30)/b31-22+/t15-,16-,17-,25+,26-/m0/s1. The van der Waals surface area contributed by atoms with Gasteiger partial charge in [0.2, 0.25) is 0 Å². The van der Waals surface area contributed by atoms with Crippen LogP contribution in [0.4, 0.5) is 19.6 Å². The van der Waals surface area contributed by atoms with E-state index in [4.69, 9.17) is 4.98 Å². The topological polar surface area (TPSA) is 57.5 Å². The average molecular weight is 470 g/mol. The predicted molar refractivity (Wildman–Crippen MR) is 127 cm³/mol. The maximum absolute atomic E-state index is 14.2. The fourth-order valence-electron chi connectivity index (χ4n) is 7.59. The van der Waals surface area contributed by atoms with Crippen LogP contribution in [0.1, 0.15) is 62.9 Å². The molecule has 6 rings (SSSR count). The normalized spacial score (nSPS) is 35.9. The van der Waals surface area contributed by atoms with Crippen LogP contribution in [0.5, 0.6) is 0 Å². The van der Waals surface area contributed by atoms with Crippen molar-refractivity contribution in [1.29, 1.82) is 0 Å². The molecule has 4 aliphatic carbocycles. The first-order valence-corrected chi connectivity index (χ1v) is 12.8. The smallest absolute Gasteiger partial charge is 0.188 e. The van der Waals surface area contributed by atoms with Gasteiger partial charge in [0.25, 0.3) is 0 Å². The fraction of sp³-hybridized carbons (Fsp3) is 0.538. The van der Waals surface area contributed by atoms with Gasteiger partial charge in [0, 0.05) is 11.5 Å². The highest BCUT2D eigenvalue weighted by atomic mass is 32.1. The van der Waals surface area contributed by atoms with E-state index in [1.54, 1.807) is 11.3 Å². The van der Waals surface area contributed by atoms with Crippen LogP contribution in [0.25, 0.3) is 5.57 Å². The zero-order chi connectivity index (χ0) is 23.0. The summed E-state index contributed by atoms with van der Waals surface area (Å²) in [6.45, 7) is 4.75. The second-order valence-corrected chi connectivity index (χ2v) is 11.7. The van der Waals surface area contributed by atoms with E-state index in [0.717, 1.165) is 62.4 Å². The van der Waals surface area contributed by atoms with Gasteiger partial charge in [-0.15, -0.1) is 0 Å². The maximum atomic E-state index is 14.2. The Labute approximate surface area is 196 Å². The number of hydrogen-bond donors (Lipinski definition) is 2. The number of aromatic nitrogens is 1. The van der Waals surface area contributed by atoms with E-state index in [0.29, 0.717) is 22.9 Å². The van der Waals surface area contributed by atoms with E-state index in [9.17, 15) is 14.0 Å². The van der Waals surface area contributed by atoms with Crippen LogP contribution in [-0.2, 0) is 6.42 Å². The first kappa shape index (κ1) is 21.3. The van der Waals surface area contributed by atoms with E-state index in [-0.39, 0.29) is 16.5 Å². The molecule has 0 saturated heterocycles. The summed E-state index contributed by atoms with van der Waals surface area (Å²) in [5.41, 5.74) is 3.90. The van der Waals surface area contributed by atoms with Crippen molar-refractivity contribution in [3.05, 3.63) is 46.5 Å². The lowest BCUT2D eigenvalue weighted by Crippen LogP contribution is -2.49. The molecular weight excluding hydrogens is 440 g/mol. The second kappa shape index (κ2) is 7.36. The highest BCUT2D eigenvalue weighted by Gasteiger charge is 2.58. The minimum absolute atomic E-state index is 0.0399. The van der Waals surface area contributed by atoms with Crippen LogP contribution in [0.3, 0.4) is 0 Å². The molecule has 2 aromatic rings. The molecule has 0 radical (unpaired) electrons. The molecule has 4 nitrogen and oxygen atoms in total. The number of oxime groups is 1. The van der Waals surface area contributed by atoms with Gasteiger partial charge in [-0.3, -0.25) is 0 Å². The molecule has 4 aliphatic rings. The number of nitrogens with zero attached hydrogens (tertiary/aromatic N) is 2. The third kappa shape index (κ3) is 3.04. The quantitative estimate of drug-likeness (QED) is 0.362. The maximum Gasteiger partial charge on any atom is 0.188 e. The van der Waals surface area contributed by atoms with E-state index >= 15 is 0 Å². The summed E-state index contributed by atoms with van der Waals surface area (Å²) in [4.78, 5) is 6.01. The van der Waals surface area contributed by atoms with Crippen LogP contribution in [0.15, 0.2) is 29.4 Å². The number of aryl methyl sites for hydroxylation is 1. The van der Waals surface area contributed by atoms with Crippen LogP contribution < -0.4 is 5.32 Å². The molecule has 2 fully saturated rings. The van der Waals surface area contributed by atoms with Gasteiger partial charge in [0.15, 0.2) is 5.13 Å². The van der Waals surface area contributed by atoms with Gasteiger partial charge in [-0.25, -0.2) is 13.8 Å². The van der Waals surface area contributed by atoms with E-state index < -0.39 is 11.6 Å². The Hall–Kier alpha value is -2.28. The number of anilines is 2. The lowest BCUT2D eigenvalue weighted by Gasteiger charge is -2.56. The van der Waals surface area contributed by atoms with Crippen molar-refractivity contribution in [3.8, 4) is 0 Å². The van der Waals surface area contributed by atoms with Crippen LogP contribution >= 0.6 is 11.3 Å². The molecule has 1 heterocycles. The Bertz CT molecular complexity index is 1190. The third-order valence-corrected chi connectivity index (χ3v) is 10.4. The zero-order valence-corrected chi connectivity index (χ0v) is 19.8. The molecule has 0 unspecified atom stereocenters. The van der Waals surface area contributed by atoms with Crippen molar-refractivity contribution in [3.63, 3.8) is 0 Å². The van der Waals surface area contributed by atoms with Gasteiger partial charge in [0.05, 0.1) is 22.0 Å². The number of halogens is 2. The van der Waals surface area contributed by atoms with Gasteiger partial charge >= 0.3 is 0 Å². The van der Waals surface area contributed by atoms with E-state index in [2.05, 4.69) is 30.4 Å². The monoisotopic (exact) mass is 469 g/mol. The molecule has 0 aliphatic heterocycles. The fourth-order valence-corrected chi connectivity index (χ4v) is 8.79. The minimum Gasteiger partial charge on any atom is -0.411 e. The highest BCUT2D eigenvalue weighted by Crippen LogP contribution is 2.65. The summed E-state index contributed by atoms with van der Waals surface area (Å²) in [6.07, 6.45) is 9.79. The SMILES string of the molecule is C[C@]12CCc3nc(Nc4ccc(F)cc4F)sc3C1=CC[C@@H]1[C@@H]2CC[C@]2(C)/C(=N/O)CC[C@@H]12. The summed E-state index contributed by atoms with van der Waals surface area (Å²) < 4.78 is 27.4. The van der Waals surface area contributed by atoms with Crippen molar-refractivity contribution < 1.29 is 14.0 Å². The molecule has 1 aromatic carbocycles. The molecule has 0 bridgehead atoms. The lowest BCUT2D eigenvalue weighted by molar-refractivity contribution is 0.0110. The van der Waals surface area contributed by atoms with Crippen LogP contribution in [-0.4, -0.2) is 15.9 Å². The molecule has 0 spiro atoms. The minimum atomic E-state index is -0.611. The molecule has 1 aromatic heterocycles.